The molecule has 0 fully saturated rings. The number of ether oxygens (including phenoxy) is 2. The van der Waals surface area contributed by atoms with Gasteiger partial charge in [0.25, 0.3) is 0 Å². The molecule has 0 amide bonds. The lowest BCUT2D eigenvalue weighted by Crippen LogP contribution is -2.30. The summed E-state index contributed by atoms with van der Waals surface area (Å²) >= 11 is 0. The minimum absolute atomic E-state index is 0.133. The molecule has 2 aliphatic rings. The van der Waals surface area contributed by atoms with Crippen molar-refractivity contribution in [3.8, 4) is 11.5 Å². The summed E-state index contributed by atoms with van der Waals surface area (Å²) in [5.41, 5.74) is 5.74. The fraction of sp³-hybridized carbons (Fsp3) is 0.435. The quantitative estimate of drug-likeness (QED) is 0.783. The lowest BCUT2D eigenvalue weighted by molar-refractivity contribution is 0.132. The van der Waals surface area contributed by atoms with Gasteiger partial charge in [-0.05, 0) is 52.7 Å². The molecule has 0 unspecified atom stereocenters. The van der Waals surface area contributed by atoms with E-state index in [0.717, 1.165) is 35.6 Å². The van der Waals surface area contributed by atoms with Gasteiger partial charge in [-0.15, -0.1) is 0 Å². The summed E-state index contributed by atoms with van der Waals surface area (Å²) in [6.07, 6.45) is 1.83. The van der Waals surface area contributed by atoms with E-state index in [0.29, 0.717) is 6.61 Å². The van der Waals surface area contributed by atoms with Gasteiger partial charge in [-0.1, -0.05) is 30.3 Å². The highest BCUT2D eigenvalue weighted by Gasteiger charge is 2.39. The molecule has 4 rings (SSSR count). The Labute approximate surface area is 156 Å². The third-order valence-corrected chi connectivity index (χ3v) is 5.07. The van der Waals surface area contributed by atoms with Crippen LogP contribution in [0.5, 0.6) is 11.5 Å². The number of hydrogen-bond donors (Lipinski definition) is 0. The first-order chi connectivity index (χ1) is 12.3. The summed E-state index contributed by atoms with van der Waals surface area (Å²) in [7, 11) is 0. The summed E-state index contributed by atoms with van der Waals surface area (Å²) in [6.45, 7) is 11.4. The molecule has 0 radical (unpaired) electrons. The molecular weight excluding hydrogens is 322 g/mol. The van der Waals surface area contributed by atoms with E-state index in [1.54, 1.807) is 0 Å². The minimum Gasteiger partial charge on any atom is -0.490 e. The smallest absolute Gasteiger partial charge is 0.165 e. The number of aliphatic imine (C=N–C) groups is 1. The number of benzene rings is 2. The van der Waals surface area contributed by atoms with Crippen molar-refractivity contribution in [2.75, 3.05) is 6.61 Å². The van der Waals surface area contributed by atoms with E-state index in [9.17, 15) is 0 Å². The maximum Gasteiger partial charge on any atom is 0.165 e. The van der Waals surface area contributed by atoms with Gasteiger partial charge in [-0.25, -0.2) is 0 Å². The van der Waals surface area contributed by atoms with Crippen LogP contribution in [-0.4, -0.2) is 23.5 Å². The molecule has 0 aliphatic carbocycles. The first-order valence-electron chi connectivity index (χ1n) is 9.46. The molecule has 0 saturated heterocycles. The third kappa shape index (κ3) is 2.90. The van der Waals surface area contributed by atoms with Crippen molar-refractivity contribution in [2.24, 2.45) is 4.99 Å². The standard InChI is InChI=1S/C23H27NO2/c1-6-25-19-12-16-17(18-14-23(4,5)26-21(18)19)13-22(2,3)24-20(16)15-10-8-7-9-11-15/h7-12H,6,13-14H2,1-5H3. The van der Waals surface area contributed by atoms with Gasteiger partial charge >= 0.3 is 0 Å². The van der Waals surface area contributed by atoms with Crippen LogP contribution in [0.1, 0.15) is 56.9 Å². The first-order valence-corrected chi connectivity index (χ1v) is 9.46. The van der Waals surface area contributed by atoms with Crippen molar-refractivity contribution in [1.82, 2.24) is 0 Å². The van der Waals surface area contributed by atoms with Crippen molar-refractivity contribution in [1.29, 1.82) is 0 Å². The third-order valence-electron chi connectivity index (χ3n) is 5.07. The number of rotatable bonds is 3. The summed E-state index contributed by atoms with van der Waals surface area (Å²) in [5, 5.41) is 0. The molecular formula is C23H27NO2. The van der Waals surface area contributed by atoms with Crippen LogP contribution in [0, 0.1) is 0 Å². The van der Waals surface area contributed by atoms with Gasteiger partial charge in [-0.3, -0.25) is 4.99 Å². The maximum absolute atomic E-state index is 6.29. The van der Waals surface area contributed by atoms with Crippen molar-refractivity contribution in [3.63, 3.8) is 0 Å². The molecule has 2 aliphatic heterocycles. The van der Waals surface area contributed by atoms with E-state index in [-0.39, 0.29) is 11.1 Å². The van der Waals surface area contributed by atoms with Crippen LogP contribution in [-0.2, 0) is 12.8 Å². The largest absolute Gasteiger partial charge is 0.490 e. The SMILES string of the molecule is CCOc1cc2c(c3c1OC(C)(C)C3)CC(C)(C)N=C2c1ccccc1. The fourth-order valence-corrected chi connectivity index (χ4v) is 4.10. The van der Waals surface area contributed by atoms with Gasteiger partial charge in [0.05, 0.1) is 17.9 Å². The van der Waals surface area contributed by atoms with Crippen LogP contribution in [0.2, 0.25) is 0 Å². The normalized spacial score (nSPS) is 19.2. The number of fused-ring (bicyclic) bond motifs is 3. The molecule has 2 aromatic carbocycles. The van der Waals surface area contributed by atoms with Crippen molar-refractivity contribution in [3.05, 3.63) is 58.7 Å². The highest BCUT2D eigenvalue weighted by atomic mass is 16.5. The van der Waals surface area contributed by atoms with Gasteiger partial charge in [0.15, 0.2) is 11.5 Å². The van der Waals surface area contributed by atoms with E-state index in [1.165, 1.54) is 16.7 Å². The van der Waals surface area contributed by atoms with Crippen LogP contribution < -0.4 is 9.47 Å². The zero-order valence-corrected chi connectivity index (χ0v) is 16.3. The second kappa shape index (κ2) is 5.87. The molecule has 136 valence electrons. The molecule has 3 heteroatoms. The zero-order valence-electron chi connectivity index (χ0n) is 16.3. The molecule has 0 saturated carbocycles. The van der Waals surface area contributed by atoms with Crippen molar-refractivity contribution in [2.45, 2.75) is 58.6 Å². The Morgan fingerprint density at radius 2 is 1.77 bits per heavy atom. The van der Waals surface area contributed by atoms with Gasteiger partial charge in [0, 0.05) is 23.1 Å². The van der Waals surface area contributed by atoms with Gasteiger partial charge in [-0.2, -0.15) is 0 Å². The predicted molar refractivity (Wildman–Crippen MR) is 106 cm³/mol. The molecule has 2 heterocycles. The van der Waals surface area contributed by atoms with Crippen LogP contribution in [0.25, 0.3) is 0 Å². The Bertz CT molecular complexity index is 879. The molecule has 0 N–H and O–H groups in total. The maximum atomic E-state index is 6.29. The predicted octanol–water partition coefficient (Wildman–Crippen LogP) is 4.97. The average Bonchev–Trinajstić information content (AvgIpc) is 2.91. The topological polar surface area (TPSA) is 30.8 Å². The summed E-state index contributed by atoms with van der Waals surface area (Å²) < 4.78 is 12.3. The molecule has 0 bridgehead atoms. The molecule has 0 atom stereocenters. The Hall–Kier alpha value is -2.29. The molecule has 0 aromatic heterocycles. The highest BCUT2D eigenvalue weighted by molar-refractivity contribution is 6.15. The van der Waals surface area contributed by atoms with Gasteiger partial charge < -0.3 is 9.47 Å². The van der Waals surface area contributed by atoms with Crippen LogP contribution in [0.15, 0.2) is 41.4 Å². The van der Waals surface area contributed by atoms with E-state index in [1.807, 2.05) is 13.0 Å². The summed E-state index contributed by atoms with van der Waals surface area (Å²) in [4.78, 5) is 5.11. The van der Waals surface area contributed by atoms with E-state index >= 15 is 0 Å². The first kappa shape index (κ1) is 17.1. The Balaban J connectivity index is 1.96. The zero-order chi connectivity index (χ0) is 18.5. The fourth-order valence-electron chi connectivity index (χ4n) is 4.10. The number of nitrogens with zero attached hydrogens (tertiary/aromatic N) is 1. The van der Waals surface area contributed by atoms with Crippen LogP contribution in [0.4, 0.5) is 0 Å². The van der Waals surface area contributed by atoms with Crippen molar-refractivity contribution < 1.29 is 9.47 Å². The summed E-state index contributed by atoms with van der Waals surface area (Å²) in [5.74, 6) is 1.77. The van der Waals surface area contributed by atoms with E-state index in [2.05, 4.69) is 58.0 Å². The monoisotopic (exact) mass is 349 g/mol. The van der Waals surface area contributed by atoms with Crippen LogP contribution in [0.3, 0.4) is 0 Å². The van der Waals surface area contributed by atoms with E-state index in [4.69, 9.17) is 14.5 Å². The lowest BCUT2D eigenvalue weighted by atomic mass is 9.80. The second-order valence-electron chi connectivity index (χ2n) is 8.50. The molecule has 26 heavy (non-hydrogen) atoms. The van der Waals surface area contributed by atoms with Crippen molar-refractivity contribution >= 4 is 5.71 Å². The minimum atomic E-state index is -0.199. The second-order valence-corrected chi connectivity index (χ2v) is 8.50. The van der Waals surface area contributed by atoms with Gasteiger partial charge in [0.1, 0.15) is 5.60 Å². The number of hydrogen-bond acceptors (Lipinski definition) is 3. The molecule has 0 spiro atoms. The Kier molecular flexibility index (Phi) is 3.87. The molecule has 2 aromatic rings. The Morgan fingerprint density at radius 3 is 2.46 bits per heavy atom. The molecule has 3 nitrogen and oxygen atoms in total. The average molecular weight is 349 g/mol. The van der Waals surface area contributed by atoms with E-state index < -0.39 is 0 Å². The lowest BCUT2D eigenvalue weighted by Gasteiger charge is -2.31. The highest BCUT2D eigenvalue weighted by Crippen LogP contribution is 2.47. The van der Waals surface area contributed by atoms with Gasteiger partial charge in [0.2, 0.25) is 0 Å². The Morgan fingerprint density at radius 1 is 1.04 bits per heavy atom. The summed E-state index contributed by atoms with van der Waals surface area (Å²) in [6, 6.07) is 12.6. The van der Waals surface area contributed by atoms with Crippen LogP contribution >= 0.6 is 0 Å².